The van der Waals surface area contributed by atoms with Crippen LogP contribution in [0.1, 0.15) is 31.9 Å². The third-order valence-electron chi connectivity index (χ3n) is 6.65. The Bertz CT molecular complexity index is 1810. The number of amides is 2. The van der Waals surface area contributed by atoms with Gasteiger partial charge >= 0.3 is 6.09 Å². The molecule has 1 aliphatic heterocycles. The molecule has 0 saturated heterocycles. The van der Waals surface area contributed by atoms with Crippen molar-refractivity contribution in [3.63, 3.8) is 0 Å². The maximum Gasteiger partial charge on any atom is 0.419 e. The molecule has 184 valence electrons. The zero-order valence-electron chi connectivity index (χ0n) is 21.0. The second-order valence-electron chi connectivity index (χ2n) is 10.3. The molecule has 0 saturated carbocycles. The number of aromatic nitrogens is 2. The zero-order chi connectivity index (χ0) is 26.1. The largest absolute Gasteiger partial charge is 0.443 e. The number of fused-ring (bicyclic) bond motifs is 4. The van der Waals surface area contributed by atoms with Crippen LogP contribution in [0.5, 0.6) is 0 Å². The lowest BCUT2D eigenvalue weighted by Crippen LogP contribution is -2.27. The molecule has 5 aromatic rings. The van der Waals surface area contributed by atoms with E-state index in [0.29, 0.717) is 27.6 Å². The third-order valence-corrected chi connectivity index (χ3v) is 6.65. The number of nitrogens with zero attached hydrogens (tertiary/aromatic N) is 2. The Kier molecular flexibility index (Phi) is 4.88. The molecular formula is C30H25N3O4. The van der Waals surface area contributed by atoms with Gasteiger partial charge in [0.2, 0.25) is 0 Å². The SMILES string of the molecule is CN1C(=O)C(c2ccc3c(c2)[nH]c2ccccc23)=C(c2cn(C(=O)OC(C)(C)C)c3ccccc23)C1=O. The summed E-state index contributed by atoms with van der Waals surface area (Å²) in [7, 11) is 1.48. The number of benzene rings is 3. The van der Waals surface area contributed by atoms with Crippen molar-refractivity contribution in [2.75, 3.05) is 7.05 Å². The van der Waals surface area contributed by atoms with E-state index in [0.717, 1.165) is 26.7 Å². The molecule has 0 aliphatic carbocycles. The van der Waals surface area contributed by atoms with Gasteiger partial charge in [0.1, 0.15) is 5.60 Å². The summed E-state index contributed by atoms with van der Waals surface area (Å²) >= 11 is 0. The lowest BCUT2D eigenvalue weighted by molar-refractivity contribution is -0.134. The Morgan fingerprint density at radius 3 is 2.22 bits per heavy atom. The first kappa shape index (κ1) is 22.8. The molecule has 0 bridgehead atoms. The summed E-state index contributed by atoms with van der Waals surface area (Å²) in [6.45, 7) is 5.39. The Morgan fingerprint density at radius 2 is 1.46 bits per heavy atom. The number of nitrogens with one attached hydrogen (secondary N) is 1. The monoisotopic (exact) mass is 491 g/mol. The molecule has 7 heteroatoms. The van der Waals surface area contributed by atoms with Crippen molar-refractivity contribution in [3.8, 4) is 0 Å². The van der Waals surface area contributed by atoms with E-state index in [1.54, 1.807) is 33.0 Å². The Labute approximate surface area is 212 Å². The minimum Gasteiger partial charge on any atom is -0.443 e. The van der Waals surface area contributed by atoms with Crippen molar-refractivity contribution in [3.05, 3.63) is 84.1 Å². The van der Waals surface area contributed by atoms with Gasteiger partial charge in [0.25, 0.3) is 11.8 Å². The van der Waals surface area contributed by atoms with Crippen LogP contribution in [0.3, 0.4) is 0 Å². The molecular weight excluding hydrogens is 466 g/mol. The Hall–Kier alpha value is -4.65. The Balaban J connectivity index is 1.59. The number of carbonyl (C=O) groups is 3. The molecule has 7 nitrogen and oxygen atoms in total. The fourth-order valence-electron chi connectivity index (χ4n) is 5.01. The molecule has 1 N–H and O–H groups in total. The highest BCUT2D eigenvalue weighted by atomic mass is 16.6. The summed E-state index contributed by atoms with van der Waals surface area (Å²) in [6.07, 6.45) is 1.04. The van der Waals surface area contributed by atoms with Gasteiger partial charge in [-0.3, -0.25) is 19.1 Å². The Morgan fingerprint density at radius 1 is 0.811 bits per heavy atom. The summed E-state index contributed by atoms with van der Waals surface area (Å²) < 4.78 is 7.01. The second-order valence-corrected chi connectivity index (χ2v) is 10.3. The van der Waals surface area contributed by atoms with E-state index in [1.807, 2.05) is 60.7 Å². The minimum atomic E-state index is -0.693. The van der Waals surface area contributed by atoms with Crippen molar-refractivity contribution in [1.82, 2.24) is 14.5 Å². The molecule has 3 aromatic carbocycles. The fraction of sp³-hybridized carbons (Fsp3) is 0.167. The molecule has 1 aliphatic rings. The van der Waals surface area contributed by atoms with Crippen LogP contribution in [0, 0.1) is 0 Å². The molecule has 0 radical (unpaired) electrons. The summed E-state index contributed by atoms with van der Waals surface area (Å²) in [5, 5.41) is 2.81. The molecule has 6 rings (SSSR count). The summed E-state index contributed by atoms with van der Waals surface area (Å²) in [5.41, 5.74) is 3.48. The number of rotatable bonds is 2. The van der Waals surface area contributed by atoms with Crippen LogP contribution in [0.2, 0.25) is 0 Å². The zero-order valence-corrected chi connectivity index (χ0v) is 21.0. The quantitative estimate of drug-likeness (QED) is 0.309. The van der Waals surface area contributed by atoms with Crippen molar-refractivity contribution >= 4 is 61.8 Å². The van der Waals surface area contributed by atoms with E-state index in [4.69, 9.17) is 4.74 Å². The highest BCUT2D eigenvalue weighted by Crippen LogP contribution is 2.40. The molecule has 0 unspecified atom stereocenters. The standard InChI is InChI=1S/C30H25N3O4/c1-30(2,3)37-29(36)33-16-21(20-10-6-8-12-24(20)33)26-25(27(34)32(4)28(26)35)17-13-14-19-18-9-5-7-11-22(18)31-23(19)15-17/h5-16,31H,1-4H3. The molecule has 2 aromatic heterocycles. The van der Waals surface area contributed by atoms with E-state index < -0.39 is 17.6 Å². The van der Waals surface area contributed by atoms with Crippen molar-refractivity contribution in [1.29, 1.82) is 0 Å². The van der Waals surface area contributed by atoms with Crippen LogP contribution < -0.4 is 0 Å². The number of likely N-dealkylation sites (N-methyl/N-ethyl adjacent to an activating group) is 1. The number of para-hydroxylation sites is 2. The summed E-state index contributed by atoms with van der Waals surface area (Å²) in [5.74, 6) is -0.798. The molecule has 3 heterocycles. The number of H-pyrrole nitrogens is 1. The molecule has 0 atom stereocenters. The normalized spacial score (nSPS) is 14.5. The van der Waals surface area contributed by atoms with Gasteiger partial charge in [0.15, 0.2) is 0 Å². The lowest BCUT2D eigenvalue weighted by atomic mass is 9.95. The summed E-state index contributed by atoms with van der Waals surface area (Å²) in [6, 6.07) is 21.0. The summed E-state index contributed by atoms with van der Waals surface area (Å²) in [4.78, 5) is 44.5. The first-order valence-electron chi connectivity index (χ1n) is 12.1. The maximum atomic E-state index is 13.5. The van der Waals surface area contributed by atoms with Crippen LogP contribution in [-0.2, 0) is 14.3 Å². The van der Waals surface area contributed by atoms with Crippen LogP contribution in [0.4, 0.5) is 4.79 Å². The van der Waals surface area contributed by atoms with Gasteiger partial charge < -0.3 is 9.72 Å². The topological polar surface area (TPSA) is 84.4 Å². The highest BCUT2D eigenvalue weighted by molar-refractivity contribution is 6.50. The van der Waals surface area contributed by atoms with Crippen LogP contribution in [-0.4, -0.2) is 45.0 Å². The number of ether oxygens (including phenoxy) is 1. The number of hydrogen-bond donors (Lipinski definition) is 1. The van der Waals surface area contributed by atoms with Crippen molar-refractivity contribution < 1.29 is 19.1 Å². The van der Waals surface area contributed by atoms with Gasteiger partial charge in [-0.15, -0.1) is 0 Å². The molecule has 0 fully saturated rings. The number of carbonyl (C=O) groups excluding carboxylic acids is 3. The van der Waals surface area contributed by atoms with Crippen molar-refractivity contribution in [2.45, 2.75) is 26.4 Å². The predicted octanol–water partition coefficient (Wildman–Crippen LogP) is 5.97. The number of imide groups is 1. The molecule has 2 amide bonds. The predicted molar refractivity (Wildman–Crippen MR) is 144 cm³/mol. The minimum absolute atomic E-state index is 0.265. The van der Waals surface area contributed by atoms with Gasteiger partial charge in [-0.2, -0.15) is 0 Å². The maximum absolute atomic E-state index is 13.5. The third kappa shape index (κ3) is 3.54. The van der Waals surface area contributed by atoms with Gasteiger partial charge in [-0.1, -0.05) is 48.5 Å². The van der Waals surface area contributed by atoms with Gasteiger partial charge in [-0.05, 0) is 44.5 Å². The first-order valence-corrected chi connectivity index (χ1v) is 12.1. The number of aromatic amines is 1. The lowest BCUT2D eigenvalue weighted by Gasteiger charge is -2.19. The second kappa shape index (κ2) is 7.93. The van der Waals surface area contributed by atoms with E-state index in [1.165, 1.54) is 11.6 Å². The van der Waals surface area contributed by atoms with Gasteiger partial charge in [0.05, 0.1) is 16.7 Å². The van der Waals surface area contributed by atoms with Crippen LogP contribution in [0.15, 0.2) is 72.9 Å². The van der Waals surface area contributed by atoms with E-state index in [9.17, 15) is 14.4 Å². The molecule has 0 spiro atoms. The van der Waals surface area contributed by atoms with Gasteiger partial charge in [0, 0.05) is 46.0 Å². The smallest absolute Gasteiger partial charge is 0.419 e. The average molecular weight is 492 g/mol. The van der Waals surface area contributed by atoms with Crippen molar-refractivity contribution in [2.24, 2.45) is 0 Å². The first-order chi connectivity index (χ1) is 17.6. The average Bonchev–Trinajstić information content (AvgIpc) is 3.49. The van der Waals surface area contributed by atoms with E-state index in [-0.39, 0.29) is 11.5 Å². The molecule has 37 heavy (non-hydrogen) atoms. The fourth-order valence-corrected chi connectivity index (χ4v) is 5.01. The van der Waals surface area contributed by atoms with E-state index in [2.05, 4.69) is 4.98 Å². The van der Waals surface area contributed by atoms with Crippen LogP contribution >= 0.6 is 0 Å². The van der Waals surface area contributed by atoms with Crippen LogP contribution in [0.25, 0.3) is 43.9 Å². The van der Waals surface area contributed by atoms with Gasteiger partial charge in [-0.25, -0.2) is 4.79 Å². The van der Waals surface area contributed by atoms with E-state index >= 15 is 0 Å². The highest BCUT2D eigenvalue weighted by Gasteiger charge is 2.39. The number of hydrogen-bond acceptors (Lipinski definition) is 4.